The number of hydrogen-bond donors (Lipinski definition) is 2. The van der Waals surface area contributed by atoms with Gasteiger partial charge in [-0.2, -0.15) is 0 Å². The fourth-order valence-electron chi connectivity index (χ4n) is 0.909. The van der Waals surface area contributed by atoms with Gasteiger partial charge in [-0.05, 0) is 14.1 Å². The van der Waals surface area contributed by atoms with Crippen molar-refractivity contribution in [1.29, 1.82) is 0 Å². The summed E-state index contributed by atoms with van der Waals surface area (Å²) < 4.78 is 0. The molecule has 1 atom stereocenters. The normalized spacial score (nSPS) is 13.5. The summed E-state index contributed by atoms with van der Waals surface area (Å²) in [5, 5.41) is 12.1. The van der Waals surface area contributed by atoms with Crippen LogP contribution in [0.5, 0.6) is 0 Å². The maximum Gasteiger partial charge on any atom is 0.222 e. The van der Waals surface area contributed by atoms with Crippen molar-refractivity contribution in [2.45, 2.75) is 20.0 Å². The van der Waals surface area contributed by atoms with Gasteiger partial charge in [-0.25, -0.2) is 0 Å². The Labute approximate surface area is 79.9 Å². The Kier molecular flexibility index (Phi) is 5.66. The minimum absolute atomic E-state index is 0.0159. The molecule has 0 radical (unpaired) electrons. The minimum Gasteiger partial charge on any atom is -0.390 e. The van der Waals surface area contributed by atoms with E-state index in [1.165, 1.54) is 0 Å². The number of amides is 1. The Bertz CT molecular complexity index is 158. The van der Waals surface area contributed by atoms with Crippen LogP contribution in [0.15, 0.2) is 0 Å². The molecule has 2 N–H and O–H groups in total. The van der Waals surface area contributed by atoms with Gasteiger partial charge in [0.2, 0.25) is 5.91 Å². The van der Waals surface area contributed by atoms with Crippen molar-refractivity contribution in [3.05, 3.63) is 0 Å². The van der Waals surface area contributed by atoms with E-state index in [0.717, 1.165) is 0 Å². The van der Waals surface area contributed by atoms with Crippen molar-refractivity contribution in [3.63, 3.8) is 0 Å². The summed E-state index contributed by atoms with van der Waals surface area (Å²) in [5.74, 6) is -0.0376. The molecule has 0 aliphatic rings. The third kappa shape index (κ3) is 6.54. The zero-order valence-electron chi connectivity index (χ0n) is 8.87. The molecular weight excluding hydrogens is 168 g/mol. The van der Waals surface area contributed by atoms with Gasteiger partial charge in [0.1, 0.15) is 0 Å². The number of hydrogen-bond acceptors (Lipinski definition) is 3. The molecule has 0 aromatic heterocycles. The van der Waals surface area contributed by atoms with Crippen LogP contribution in [0.2, 0.25) is 0 Å². The summed E-state index contributed by atoms with van der Waals surface area (Å²) in [6, 6.07) is 0. The first-order valence-electron chi connectivity index (χ1n) is 4.54. The monoisotopic (exact) mass is 188 g/mol. The lowest BCUT2D eigenvalue weighted by Gasteiger charge is -2.16. The molecule has 1 amide bonds. The molecule has 0 aromatic rings. The van der Waals surface area contributed by atoms with Crippen molar-refractivity contribution in [3.8, 4) is 0 Å². The highest BCUT2D eigenvalue weighted by Crippen LogP contribution is 1.91. The van der Waals surface area contributed by atoms with Crippen LogP contribution in [0.4, 0.5) is 0 Å². The van der Waals surface area contributed by atoms with Crippen molar-refractivity contribution in [1.82, 2.24) is 10.2 Å². The van der Waals surface area contributed by atoms with Crippen LogP contribution in [0.1, 0.15) is 13.8 Å². The van der Waals surface area contributed by atoms with Crippen LogP contribution in [-0.4, -0.2) is 49.2 Å². The number of carbonyl (C=O) groups excluding carboxylic acids is 1. The fraction of sp³-hybridized carbons (Fsp3) is 0.889. The summed E-state index contributed by atoms with van der Waals surface area (Å²) >= 11 is 0. The lowest BCUT2D eigenvalue weighted by Crippen LogP contribution is -2.39. The third-order valence-corrected chi connectivity index (χ3v) is 1.61. The van der Waals surface area contributed by atoms with Crippen LogP contribution in [0.25, 0.3) is 0 Å². The first kappa shape index (κ1) is 12.4. The highest BCUT2D eigenvalue weighted by Gasteiger charge is 2.09. The molecule has 78 valence electrons. The number of aliphatic hydroxyl groups excluding tert-OH is 1. The Hall–Kier alpha value is -0.610. The average Bonchev–Trinajstić information content (AvgIpc) is 1.98. The molecule has 0 saturated carbocycles. The Morgan fingerprint density at radius 2 is 2.00 bits per heavy atom. The predicted molar refractivity (Wildman–Crippen MR) is 52.4 cm³/mol. The number of nitrogens with one attached hydrogen (secondary N) is 1. The van der Waals surface area contributed by atoms with Crippen LogP contribution >= 0.6 is 0 Å². The smallest absolute Gasteiger partial charge is 0.222 e. The molecule has 0 saturated heterocycles. The standard InChI is InChI=1S/C9H20N2O2/c1-7(2)9(13)10-5-8(12)6-11(3)4/h7-8,12H,5-6H2,1-4H3,(H,10,13). The molecule has 0 aromatic carbocycles. The average molecular weight is 188 g/mol. The number of rotatable bonds is 5. The zero-order valence-corrected chi connectivity index (χ0v) is 8.87. The summed E-state index contributed by atoms with van der Waals surface area (Å²) in [5.41, 5.74) is 0. The maximum atomic E-state index is 11.1. The van der Waals surface area contributed by atoms with Crippen LogP contribution in [0, 0.1) is 5.92 Å². The number of aliphatic hydroxyl groups is 1. The van der Waals surface area contributed by atoms with Crippen molar-refractivity contribution in [2.75, 3.05) is 27.2 Å². The summed E-state index contributed by atoms with van der Waals surface area (Å²) in [6.45, 7) is 4.55. The molecule has 1 unspecified atom stereocenters. The van der Waals surface area contributed by atoms with Gasteiger partial charge in [-0.1, -0.05) is 13.8 Å². The van der Waals surface area contributed by atoms with Gasteiger partial charge in [-0.3, -0.25) is 4.79 Å². The van der Waals surface area contributed by atoms with Crippen molar-refractivity contribution in [2.24, 2.45) is 5.92 Å². The molecule has 0 aliphatic carbocycles. The summed E-state index contributed by atoms with van der Waals surface area (Å²) in [6.07, 6.45) is -0.488. The molecule has 0 bridgehead atoms. The number of likely N-dealkylation sites (N-methyl/N-ethyl adjacent to an activating group) is 1. The molecule has 4 heteroatoms. The second kappa shape index (κ2) is 5.94. The van der Waals surface area contributed by atoms with E-state index in [1.54, 1.807) is 0 Å². The number of carbonyl (C=O) groups is 1. The van der Waals surface area contributed by atoms with Gasteiger partial charge in [0.15, 0.2) is 0 Å². The predicted octanol–water partition coefficient (Wildman–Crippen LogP) is -0.319. The molecule has 0 heterocycles. The summed E-state index contributed by atoms with van der Waals surface area (Å²) in [4.78, 5) is 13.0. The first-order valence-corrected chi connectivity index (χ1v) is 4.54. The van der Waals surface area contributed by atoms with Gasteiger partial charge in [0.05, 0.1) is 6.10 Å². The third-order valence-electron chi connectivity index (χ3n) is 1.61. The van der Waals surface area contributed by atoms with Crippen molar-refractivity contribution >= 4 is 5.91 Å². The van der Waals surface area contributed by atoms with Gasteiger partial charge >= 0.3 is 0 Å². The lowest BCUT2D eigenvalue weighted by atomic mass is 10.2. The lowest BCUT2D eigenvalue weighted by molar-refractivity contribution is -0.124. The molecule has 0 spiro atoms. The van der Waals surface area contributed by atoms with Crippen LogP contribution in [0.3, 0.4) is 0 Å². The van der Waals surface area contributed by atoms with Crippen molar-refractivity contribution < 1.29 is 9.90 Å². The highest BCUT2D eigenvalue weighted by atomic mass is 16.3. The Morgan fingerprint density at radius 3 is 2.38 bits per heavy atom. The van der Waals surface area contributed by atoms with E-state index in [1.807, 2.05) is 32.8 Å². The SMILES string of the molecule is CC(C)C(=O)NCC(O)CN(C)C. The van der Waals surface area contributed by atoms with Crippen LogP contribution < -0.4 is 5.32 Å². The largest absolute Gasteiger partial charge is 0.390 e. The van der Waals surface area contributed by atoms with Crippen LogP contribution in [-0.2, 0) is 4.79 Å². The van der Waals surface area contributed by atoms with E-state index in [-0.39, 0.29) is 11.8 Å². The maximum absolute atomic E-state index is 11.1. The Balaban J connectivity index is 3.58. The molecule has 0 rings (SSSR count). The molecule has 0 aliphatic heterocycles. The summed E-state index contributed by atoms with van der Waals surface area (Å²) in [7, 11) is 3.76. The van der Waals surface area contributed by atoms with Gasteiger partial charge in [-0.15, -0.1) is 0 Å². The van der Waals surface area contributed by atoms with E-state index in [4.69, 9.17) is 0 Å². The van der Waals surface area contributed by atoms with Gasteiger partial charge in [0, 0.05) is 19.0 Å². The quantitative estimate of drug-likeness (QED) is 0.622. The first-order chi connectivity index (χ1) is 5.93. The molecule has 13 heavy (non-hydrogen) atoms. The molecular formula is C9H20N2O2. The second-order valence-electron chi connectivity index (χ2n) is 3.82. The van der Waals surface area contributed by atoms with E-state index in [0.29, 0.717) is 13.1 Å². The Morgan fingerprint density at radius 1 is 1.46 bits per heavy atom. The van der Waals surface area contributed by atoms with E-state index in [2.05, 4.69) is 5.32 Å². The molecule has 4 nitrogen and oxygen atoms in total. The zero-order chi connectivity index (χ0) is 10.4. The van der Waals surface area contributed by atoms with E-state index >= 15 is 0 Å². The second-order valence-corrected chi connectivity index (χ2v) is 3.82. The molecule has 0 fully saturated rings. The van der Waals surface area contributed by atoms with E-state index < -0.39 is 6.10 Å². The number of nitrogens with zero attached hydrogens (tertiary/aromatic N) is 1. The fourth-order valence-corrected chi connectivity index (χ4v) is 0.909. The highest BCUT2D eigenvalue weighted by molar-refractivity contribution is 5.77. The topological polar surface area (TPSA) is 52.6 Å². The van der Waals surface area contributed by atoms with Gasteiger partial charge < -0.3 is 15.3 Å². The van der Waals surface area contributed by atoms with Gasteiger partial charge in [0.25, 0.3) is 0 Å². The minimum atomic E-state index is -0.488. The van der Waals surface area contributed by atoms with E-state index in [9.17, 15) is 9.90 Å².